The molecule has 1 atom stereocenters. The van der Waals surface area contributed by atoms with E-state index < -0.39 is 0 Å². The lowest BCUT2D eigenvalue weighted by molar-refractivity contribution is 0.0963. The molecule has 1 aliphatic rings. The molecule has 0 saturated heterocycles. The number of hydrogen-bond donors (Lipinski definition) is 1. The fraction of sp³-hybridized carbons (Fsp3) is 0.286. The van der Waals surface area contributed by atoms with Crippen LogP contribution in [0.25, 0.3) is 0 Å². The molecule has 0 spiro atoms. The quantitative estimate of drug-likeness (QED) is 0.812. The van der Waals surface area contributed by atoms with Crippen molar-refractivity contribution in [3.63, 3.8) is 0 Å². The molecule has 0 unspecified atom stereocenters. The molecule has 17 heavy (non-hydrogen) atoms. The number of benzene rings is 1. The third-order valence-electron chi connectivity index (χ3n) is 3.44. The van der Waals surface area contributed by atoms with Crippen LogP contribution < -0.4 is 0 Å². The second-order valence-corrected chi connectivity index (χ2v) is 4.61. The predicted molar refractivity (Wildman–Crippen MR) is 65.2 cm³/mol. The first-order valence-electron chi connectivity index (χ1n) is 5.87. The van der Waals surface area contributed by atoms with Gasteiger partial charge >= 0.3 is 0 Å². The van der Waals surface area contributed by atoms with E-state index in [9.17, 15) is 4.79 Å². The minimum atomic E-state index is 0.214. The number of aromatic amines is 1. The Kier molecular flexibility index (Phi) is 2.32. The van der Waals surface area contributed by atoms with E-state index in [0.29, 0.717) is 6.42 Å². The van der Waals surface area contributed by atoms with E-state index in [0.717, 1.165) is 23.4 Å². The molecule has 86 valence electrons. The summed E-state index contributed by atoms with van der Waals surface area (Å²) in [5, 5.41) is 7.15. The first-order valence-corrected chi connectivity index (χ1v) is 5.87. The third kappa shape index (κ3) is 1.68. The second-order valence-electron chi connectivity index (χ2n) is 4.61. The Balaban J connectivity index is 1.97. The summed E-state index contributed by atoms with van der Waals surface area (Å²) in [6.45, 7) is 1.91. The molecule has 1 aliphatic carbocycles. The summed E-state index contributed by atoms with van der Waals surface area (Å²) < 4.78 is 0. The number of nitrogens with one attached hydrogen (secondary N) is 1. The van der Waals surface area contributed by atoms with E-state index in [1.54, 1.807) is 0 Å². The summed E-state index contributed by atoms with van der Waals surface area (Å²) >= 11 is 0. The fourth-order valence-corrected chi connectivity index (χ4v) is 2.59. The van der Waals surface area contributed by atoms with E-state index >= 15 is 0 Å². The molecular formula is C14H14N2O. The van der Waals surface area contributed by atoms with Crippen molar-refractivity contribution in [1.82, 2.24) is 10.2 Å². The van der Waals surface area contributed by atoms with Crippen molar-refractivity contribution >= 4 is 5.78 Å². The highest BCUT2D eigenvalue weighted by Gasteiger charge is 2.29. The maximum absolute atomic E-state index is 12.1. The van der Waals surface area contributed by atoms with Crippen LogP contribution in [-0.2, 0) is 6.42 Å². The van der Waals surface area contributed by atoms with E-state index in [4.69, 9.17) is 0 Å². The summed E-state index contributed by atoms with van der Waals surface area (Å²) in [5.74, 6) is 0.491. The zero-order valence-corrected chi connectivity index (χ0v) is 9.73. The fourth-order valence-electron chi connectivity index (χ4n) is 2.59. The minimum absolute atomic E-state index is 0.214. The lowest BCUT2D eigenvalue weighted by atomic mass is 9.82. The van der Waals surface area contributed by atoms with Crippen molar-refractivity contribution < 1.29 is 4.79 Å². The molecule has 1 aromatic heterocycles. The SMILES string of the molecule is Cc1[nH]nc2c1C(=O)C[C@H](c1ccccc1)C2. The van der Waals surface area contributed by atoms with Gasteiger partial charge in [-0.1, -0.05) is 30.3 Å². The van der Waals surface area contributed by atoms with Gasteiger partial charge in [-0.15, -0.1) is 0 Å². The Morgan fingerprint density at radius 2 is 2.00 bits per heavy atom. The first kappa shape index (κ1) is 10.3. The molecule has 1 N–H and O–H groups in total. The first-order chi connectivity index (χ1) is 8.25. The second kappa shape index (κ2) is 3.84. The topological polar surface area (TPSA) is 45.8 Å². The molecule has 1 heterocycles. The van der Waals surface area contributed by atoms with Gasteiger partial charge in [-0.05, 0) is 24.8 Å². The molecule has 0 saturated carbocycles. The van der Waals surface area contributed by atoms with Crippen LogP contribution in [0.2, 0.25) is 0 Å². The monoisotopic (exact) mass is 226 g/mol. The summed E-state index contributed by atoms with van der Waals surface area (Å²) in [6.07, 6.45) is 1.45. The van der Waals surface area contributed by atoms with Crippen molar-refractivity contribution in [3.8, 4) is 0 Å². The Morgan fingerprint density at radius 3 is 2.76 bits per heavy atom. The van der Waals surface area contributed by atoms with Crippen LogP contribution in [0, 0.1) is 6.92 Å². The van der Waals surface area contributed by atoms with E-state index in [1.165, 1.54) is 5.56 Å². The Morgan fingerprint density at radius 1 is 1.24 bits per heavy atom. The highest BCUT2D eigenvalue weighted by atomic mass is 16.1. The van der Waals surface area contributed by atoms with Crippen LogP contribution in [0.3, 0.4) is 0 Å². The smallest absolute Gasteiger partial charge is 0.167 e. The van der Waals surface area contributed by atoms with Gasteiger partial charge in [0.15, 0.2) is 5.78 Å². The van der Waals surface area contributed by atoms with Crippen molar-refractivity contribution in [2.45, 2.75) is 25.7 Å². The number of rotatable bonds is 1. The largest absolute Gasteiger partial charge is 0.294 e. The summed E-state index contributed by atoms with van der Waals surface area (Å²) in [7, 11) is 0. The zero-order valence-electron chi connectivity index (χ0n) is 9.73. The van der Waals surface area contributed by atoms with Crippen molar-refractivity contribution in [3.05, 3.63) is 52.8 Å². The van der Waals surface area contributed by atoms with E-state index in [-0.39, 0.29) is 11.7 Å². The average Bonchev–Trinajstić information content (AvgIpc) is 2.73. The molecule has 3 nitrogen and oxygen atoms in total. The van der Waals surface area contributed by atoms with Crippen LogP contribution in [0.5, 0.6) is 0 Å². The lowest BCUT2D eigenvalue weighted by Crippen LogP contribution is -2.18. The highest BCUT2D eigenvalue weighted by molar-refractivity contribution is 5.99. The predicted octanol–water partition coefficient (Wildman–Crippen LogP) is 2.63. The minimum Gasteiger partial charge on any atom is -0.294 e. The van der Waals surface area contributed by atoms with Gasteiger partial charge in [0.05, 0.1) is 11.3 Å². The Labute approximate surface area is 99.9 Å². The molecule has 2 aromatic rings. The number of H-pyrrole nitrogens is 1. The molecular weight excluding hydrogens is 212 g/mol. The average molecular weight is 226 g/mol. The maximum atomic E-state index is 12.1. The Bertz CT molecular complexity index is 557. The summed E-state index contributed by atoms with van der Waals surface area (Å²) in [4.78, 5) is 12.1. The molecule has 0 radical (unpaired) electrons. The standard InChI is InChI=1S/C14H14N2O/c1-9-14-12(16-15-9)7-11(8-13(14)17)10-5-3-2-4-6-10/h2-6,11H,7-8H2,1H3,(H,15,16)/t11-/m1/s1. The summed E-state index contributed by atoms with van der Waals surface area (Å²) in [5.41, 5.74) is 3.87. The number of ketones is 1. The van der Waals surface area contributed by atoms with Crippen molar-refractivity contribution in [2.24, 2.45) is 0 Å². The van der Waals surface area contributed by atoms with Gasteiger partial charge in [-0.3, -0.25) is 9.89 Å². The van der Waals surface area contributed by atoms with Gasteiger partial charge in [-0.2, -0.15) is 5.10 Å². The molecule has 0 bridgehead atoms. The van der Waals surface area contributed by atoms with Gasteiger partial charge in [0.1, 0.15) is 0 Å². The van der Waals surface area contributed by atoms with Crippen molar-refractivity contribution in [1.29, 1.82) is 0 Å². The zero-order chi connectivity index (χ0) is 11.8. The van der Waals surface area contributed by atoms with E-state index in [2.05, 4.69) is 22.3 Å². The third-order valence-corrected chi connectivity index (χ3v) is 3.44. The number of aryl methyl sites for hydroxylation is 1. The van der Waals surface area contributed by atoms with Gasteiger partial charge in [0.25, 0.3) is 0 Å². The maximum Gasteiger partial charge on any atom is 0.167 e. The Hall–Kier alpha value is -1.90. The van der Waals surface area contributed by atoms with Crippen LogP contribution in [0.15, 0.2) is 30.3 Å². The highest BCUT2D eigenvalue weighted by Crippen LogP contribution is 2.32. The van der Waals surface area contributed by atoms with Gasteiger partial charge in [-0.25, -0.2) is 0 Å². The number of carbonyl (C=O) groups is 1. The molecule has 3 rings (SSSR count). The molecule has 3 heteroatoms. The molecule has 0 fully saturated rings. The van der Waals surface area contributed by atoms with Gasteiger partial charge in [0.2, 0.25) is 0 Å². The normalized spacial score (nSPS) is 19.1. The molecule has 1 aromatic carbocycles. The number of hydrogen-bond acceptors (Lipinski definition) is 2. The van der Waals surface area contributed by atoms with Crippen LogP contribution >= 0.6 is 0 Å². The molecule has 0 amide bonds. The number of Topliss-reactive ketones (excluding diaryl/α,β-unsaturated/α-hetero) is 1. The summed E-state index contributed by atoms with van der Waals surface area (Å²) in [6, 6.07) is 10.2. The van der Waals surface area contributed by atoms with Crippen LogP contribution in [-0.4, -0.2) is 16.0 Å². The number of nitrogens with zero attached hydrogens (tertiary/aromatic N) is 1. The molecule has 0 aliphatic heterocycles. The lowest BCUT2D eigenvalue weighted by Gasteiger charge is -2.20. The number of carbonyl (C=O) groups excluding carboxylic acids is 1. The van der Waals surface area contributed by atoms with Gasteiger partial charge < -0.3 is 0 Å². The van der Waals surface area contributed by atoms with Crippen LogP contribution in [0.1, 0.15) is 39.6 Å². The number of fused-ring (bicyclic) bond motifs is 1. The van der Waals surface area contributed by atoms with Crippen molar-refractivity contribution in [2.75, 3.05) is 0 Å². The van der Waals surface area contributed by atoms with Crippen LogP contribution in [0.4, 0.5) is 0 Å². The van der Waals surface area contributed by atoms with E-state index in [1.807, 2.05) is 25.1 Å². The number of aromatic nitrogens is 2. The van der Waals surface area contributed by atoms with Gasteiger partial charge in [0, 0.05) is 12.1 Å².